The van der Waals surface area contributed by atoms with E-state index in [1.165, 1.54) is 58.0 Å². The number of rotatable bonds is 4. The van der Waals surface area contributed by atoms with Gasteiger partial charge in [0, 0.05) is 30.2 Å². The molecule has 1 heterocycles. The average molecular weight is 252 g/mol. The van der Waals surface area contributed by atoms with Gasteiger partial charge in [-0.15, -0.1) is 0 Å². The molecule has 0 aromatic heterocycles. The molecule has 0 aromatic rings. The minimum absolute atomic E-state index is 0.329. The third kappa shape index (κ3) is 2.60. The maximum atomic E-state index is 3.86. The topological polar surface area (TPSA) is 15.3 Å². The van der Waals surface area contributed by atoms with E-state index in [0.29, 0.717) is 11.1 Å². The first kappa shape index (κ1) is 14.3. The van der Waals surface area contributed by atoms with Crippen LogP contribution in [-0.4, -0.2) is 35.1 Å². The number of nitrogens with one attached hydrogen (secondary N) is 1. The van der Waals surface area contributed by atoms with Crippen LogP contribution in [0, 0.1) is 0 Å². The summed E-state index contributed by atoms with van der Waals surface area (Å²) in [7, 11) is 0. The summed E-state index contributed by atoms with van der Waals surface area (Å²) in [6, 6.07) is 0.751. The van der Waals surface area contributed by atoms with E-state index in [1.807, 2.05) is 0 Å². The first-order chi connectivity index (χ1) is 8.55. The highest BCUT2D eigenvalue weighted by atomic mass is 15.3. The Morgan fingerprint density at radius 2 is 1.89 bits per heavy atom. The number of nitrogens with zero attached hydrogens (tertiary/aromatic N) is 1. The smallest absolute Gasteiger partial charge is 0.0337 e. The van der Waals surface area contributed by atoms with Crippen LogP contribution >= 0.6 is 0 Å². The Morgan fingerprint density at radius 3 is 2.44 bits per heavy atom. The first-order valence-electron chi connectivity index (χ1n) is 8.07. The molecule has 2 atom stereocenters. The molecule has 2 nitrogen and oxygen atoms in total. The van der Waals surface area contributed by atoms with Crippen molar-refractivity contribution in [1.82, 2.24) is 10.2 Å². The number of hydrogen-bond donors (Lipinski definition) is 1. The van der Waals surface area contributed by atoms with Gasteiger partial charge in [0.25, 0.3) is 0 Å². The van der Waals surface area contributed by atoms with E-state index in [4.69, 9.17) is 0 Å². The van der Waals surface area contributed by atoms with Gasteiger partial charge in [-0.1, -0.05) is 33.1 Å². The van der Waals surface area contributed by atoms with Crippen LogP contribution in [0.15, 0.2) is 0 Å². The van der Waals surface area contributed by atoms with E-state index in [0.717, 1.165) is 6.04 Å². The summed E-state index contributed by atoms with van der Waals surface area (Å²) in [6.45, 7) is 11.9. The van der Waals surface area contributed by atoms with Crippen LogP contribution in [-0.2, 0) is 0 Å². The van der Waals surface area contributed by atoms with Crippen molar-refractivity contribution in [3.63, 3.8) is 0 Å². The molecule has 1 saturated heterocycles. The molecule has 0 bridgehead atoms. The summed E-state index contributed by atoms with van der Waals surface area (Å²) < 4.78 is 0. The van der Waals surface area contributed by atoms with Gasteiger partial charge < -0.3 is 5.32 Å². The van der Waals surface area contributed by atoms with Gasteiger partial charge in [0.05, 0.1) is 0 Å². The monoisotopic (exact) mass is 252 g/mol. The lowest BCUT2D eigenvalue weighted by atomic mass is 9.83. The molecular formula is C16H32N2. The third-order valence-electron chi connectivity index (χ3n) is 5.53. The lowest BCUT2D eigenvalue weighted by molar-refractivity contribution is -0.0185. The standard InChI is InChI=1S/C16H32N2/c1-5-9-14(3)18-13-15(4,6-2)17-12-16(18)10-7-8-11-16/h14,17H,5-13H2,1-4H3. The Kier molecular flexibility index (Phi) is 4.38. The molecule has 106 valence electrons. The van der Waals surface area contributed by atoms with Gasteiger partial charge >= 0.3 is 0 Å². The van der Waals surface area contributed by atoms with E-state index in [2.05, 4.69) is 37.9 Å². The molecule has 0 radical (unpaired) electrons. The molecule has 2 fully saturated rings. The van der Waals surface area contributed by atoms with Gasteiger partial charge in [-0.2, -0.15) is 0 Å². The zero-order valence-corrected chi connectivity index (χ0v) is 12.9. The molecule has 0 aromatic carbocycles. The quantitative estimate of drug-likeness (QED) is 0.823. The number of piperazine rings is 1. The van der Waals surface area contributed by atoms with Crippen molar-refractivity contribution in [2.24, 2.45) is 0 Å². The van der Waals surface area contributed by atoms with Crippen LogP contribution in [0.5, 0.6) is 0 Å². The highest BCUT2D eigenvalue weighted by Gasteiger charge is 2.47. The van der Waals surface area contributed by atoms with Crippen molar-refractivity contribution >= 4 is 0 Å². The van der Waals surface area contributed by atoms with E-state index < -0.39 is 0 Å². The van der Waals surface area contributed by atoms with Gasteiger partial charge in [0.1, 0.15) is 0 Å². The van der Waals surface area contributed by atoms with Crippen LogP contribution in [0.4, 0.5) is 0 Å². The van der Waals surface area contributed by atoms with Gasteiger partial charge in [-0.3, -0.25) is 4.90 Å². The molecule has 2 unspecified atom stereocenters. The van der Waals surface area contributed by atoms with Gasteiger partial charge in [0.2, 0.25) is 0 Å². The van der Waals surface area contributed by atoms with E-state index in [-0.39, 0.29) is 0 Å². The third-order valence-corrected chi connectivity index (χ3v) is 5.53. The molecule has 2 aliphatic rings. The van der Waals surface area contributed by atoms with E-state index in [1.54, 1.807) is 0 Å². The van der Waals surface area contributed by atoms with Crippen molar-refractivity contribution in [2.45, 2.75) is 89.8 Å². The second kappa shape index (κ2) is 5.50. The Hall–Kier alpha value is -0.0800. The van der Waals surface area contributed by atoms with Gasteiger partial charge in [0.15, 0.2) is 0 Å². The fourth-order valence-electron chi connectivity index (χ4n) is 4.01. The molecule has 2 rings (SSSR count). The molecule has 1 aliphatic heterocycles. The zero-order valence-electron chi connectivity index (χ0n) is 12.9. The molecule has 0 amide bonds. The molecule has 1 saturated carbocycles. The molecule has 2 heteroatoms. The maximum Gasteiger partial charge on any atom is 0.0337 e. The summed E-state index contributed by atoms with van der Waals surface area (Å²) in [4.78, 5) is 2.88. The van der Waals surface area contributed by atoms with Crippen LogP contribution < -0.4 is 5.32 Å². The molecule has 1 N–H and O–H groups in total. The SMILES string of the molecule is CCCC(C)N1CC(C)(CC)NCC12CCCC2. The first-order valence-corrected chi connectivity index (χ1v) is 8.07. The predicted molar refractivity (Wildman–Crippen MR) is 79.0 cm³/mol. The predicted octanol–water partition coefficient (Wildman–Crippen LogP) is 3.56. The van der Waals surface area contributed by atoms with Crippen molar-refractivity contribution < 1.29 is 0 Å². The van der Waals surface area contributed by atoms with E-state index in [9.17, 15) is 0 Å². The van der Waals surface area contributed by atoms with Crippen LogP contribution in [0.1, 0.15) is 72.6 Å². The Labute approximate surface area is 114 Å². The maximum absolute atomic E-state index is 3.86. The summed E-state index contributed by atoms with van der Waals surface area (Å²) >= 11 is 0. The summed E-state index contributed by atoms with van der Waals surface area (Å²) in [6.07, 6.45) is 9.57. The summed E-state index contributed by atoms with van der Waals surface area (Å²) in [5.41, 5.74) is 0.819. The Bertz CT molecular complexity index is 270. The van der Waals surface area contributed by atoms with Crippen molar-refractivity contribution in [1.29, 1.82) is 0 Å². The highest BCUT2D eigenvalue weighted by molar-refractivity contribution is 5.06. The minimum Gasteiger partial charge on any atom is -0.308 e. The highest BCUT2D eigenvalue weighted by Crippen LogP contribution is 2.40. The van der Waals surface area contributed by atoms with E-state index >= 15 is 0 Å². The van der Waals surface area contributed by atoms with Crippen LogP contribution in [0.2, 0.25) is 0 Å². The van der Waals surface area contributed by atoms with Crippen molar-refractivity contribution in [3.05, 3.63) is 0 Å². The zero-order chi connectivity index (χ0) is 13.2. The molecule has 18 heavy (non-hydrogen) atoms. The largest absolute Gasteiger partial charge is 0.308 e. The van der Waals surface area contributed by atoms with Gasteiger partial charge in [-0.25, -0.2) is 0 Å². The van der Waals surface area contributed by atoms with Crippen LogP contribution in [0.25, 0.3) is 0 Å². The summed E-state index contributed by atoms with van der Waals surface area (Å²) in [5, 5.41) is 3.86. The average Bonchev–Trinajstić information content (AvgIpc) is 2.83. The number of hydrogen-bond acceptors (Lipinski definition) is 2. The van der Waals surface area contributed by atoms with Crippen molar-refractivity contribution in [3.8, 4) is 0 Å². The minimum atomic E-state index is 0.329. The summed E-state index contributed by atoms with van der Waals surface area (Å²) in [5.74, 6) is 0. The molecular weight excluding hydrogens is 220 g/mol. The fourth-order valence-corrected chi connectivity index (χ4v) is 4.01. The Morgan fingerprint density at radius 1 is 1.22 bits per heavy atom. The van der Waals surface area contributed by atoms with Crippen molar-refractivity contribution in [2.75, 3.05) is 13.1 Å². The lowest BCUT2D eigenvalue weighted by Gasteiger charge is -2.55. The fraction of sp³-hybridized carbons (Fsp3) is 1.00. The Balaban J connectivity index is 2.15. The van der Waals surface area contributed by atoms with Gasteiger partial charge in [-0.05, 0) is 39.5 Å². The lowest BCUT2D eigenvalue weighted by Crippen LogP contribution is -2.69. The second-order valence-electron chi connectivity index (χ2n) is 6.96. The molecule has 1 spiro atoms. The van der Waals surface area contributed by atoms with Crippen LogP contribution in [0.3, 0.4) is 0 Å². The normalized spacial score (nSPS) is 34.0. The molecule has 1 aliphatic carbocycles. The second-order valence-corrected chi connectivity index (χ2v) is 6.96.